The van der Waals surface area contributed by atoms with E-state index < -0.39 is 0 Å². The fraction of sp³-hybridized carbons (Fsp3) is 0.182. The summed E-state index contributed by atoms with van der Waals surface area (Å²) in [5.41, 5.74) is 0.964. The molecule has 5 heteroatoms. The Hall–Kier alpha value is -2.17. The van der Waals surface area contributed by atoms with Crippen molar-refractivity contribution in [3.05, 3.63) is 42.4 Å². The zero-order valence-electron chi connectivity index (χ0n) is 8.92. The van der Waals surface area contributed by atoms with Crippen molar-refractivity contribution < 1.29 is 4.79 Å². The van der Waals surface area contributed by atoms with Crippen LogP contribution >= 0.6 is 0 Å². The number of hydrogen-bond donors (Lipinski definition) is 1. The number of rotatable bonds is 3. The molecule has 2 aromatic heterocycles. The lowest BCUT2D eigenvalue weighted by atomic mass is 10.3. The topological polar surface area (TPSA) is 59.8 Å². The molecule has 0 fully saturated rings. The van der Waals surface area contributed by atoms with Crippen LogP contribution in [0.3, 0.4) is 0 Å². The van der Waals surface area contributed by atoms with Gasteiger partial charge in [-0.25, -0.2) is 9.67 Å². The molecular weight excluding hydrogens is 204 g/mol. The van der Waals surface area contributed by atoms with Gasteiger partial charge in [0.2, 0.25) is 5.91 Å². The van der Waals surface area contributed by atoms with Gasteiger partial charge in [-0.1, -0.05) is 6.07 Å². The van der Waals surface area contributed by atoms with Crippen LogP contribution in [0.5, 0.6) is 0 Å². The Labute approximate surface area is 93.1 Å². The van der Waals surface area contributed by atoms with Gasteiger partial charge in [-0.15, -0.1) is 0 Å². The van der Waals surface area contributed by atoms with Crippen molar-refractivity contribution in [1.82, 2.24) is 20.1 Å². The molecule has 2 heterocycles. The lowest BCUT2D eigenvalue weighted by Gasteiger charge is -2.03. The molecule has 16 heavy (non-hydrogen) atoms. The summed E-state index contributed by atoms with van der Waals surface area (Å²) in [4.78, 5) is 15.0. The minimum atomic E-state index is -0.0452. The molecule has 1 N–H and O–H groups in total. The van der Waals surface area contributed by atoms with Crippen LogP contribution in [0.4, 0.5) is 0 Å². The van der Waals surface area contributed by atoms with Gasteiger partial charge in [0.05, 0.1) is 0 Å². The molecule has 0 aliphatic heterocycles. The molecule has 5 nitrogen and oxygen atoms in total. The monoisotopic (exact) mass is 216 g/mol. The number of carbonyl (C=O) groups is 1. The highest BCUT2D eigenvalue weighted by molar-refractivity contribution is 5.72. The fourth-order valence-corrected chi connectivity index (χ4v) is 1.29. The third-order valence-electron chi connectivity index (χ3n) is 2.09. The summed E-state index contributed by atoms with van der Waals surface area (Å²) in [7, 11) is 0. The number of pyridine rings is 1. The molecule has 0 aliphatic rings. The highest BCUT2D eigenvalue weighted by Crippen LogP contribution is 2.04. The molecule has 0 atom stereocenters. The molecule has 0 bridgehead atoms. The molecule has 2 aromatic rings. The van der Waals surface area contributed by atoms with Crippen molar-refractivity contribution in [2.24, 2.45) is 0 Å². The maximum absolute atomic E-state index is 10.7. The standard InChI is InChI=1S/C11H12N4O/c1-9(16)12-7-10-3-4-11(13-8-10)15-6-2-5-14-15/h2-6,8H,7H2,1H3,(H,12,16). The number of nitrogens with zero attached hydrogens (tertiary/aromatic N) is 3. The maximum Gasteiger partial charge on any atom is 0.217 e. The first-order valence-electron chi connectivity index (χ1n) is 4.95. The van der Waals surface area contributed by atoms with E-state index >= 15 is 0 Å². The van der Waals surface area contributed by atoms with E-state index in [2.05, 4.69) is 15.4 Å². The Kier molecular flexibility index (Phi) is 2.95. The predicted molar refractivity (Wildman–Crippen MR) is 58.9 cm³/mol. The van der Waals surface area contributed by atoms with Gasteiger partial charge in [-0.3, -0.25) is 4.79 Å². The van der Waals surface area contributed by atoms with Gasteiger partial charge in [0.15, 0.2) is 5.82 Å². The molecule has 0 saturated heterocycles. The molecule has 2 rings (SSSR count). The summed E-state index contributed by atoms with van der Waals surface area (Å²) in [5.74, 6) is 0.715. The molecule has 1 amide bonds. The van der Waals surface area contributed by atoms with E-state index in [1.54, 1.807) is 17.1 Å². The van der Waals surface area contributed by atoms with E-state index in [-0.39, 0.29) is 5.91 Å². The van der Waals surface area contributed by atoms with Crippen LogP contribution < -0.4 is 5.32 Å². The first-order valence-corrected chi connectivity index (χ1v) is 4.95. The Balaban J connectivity index is 2.08. The quantitative estimate of drug-likeness (QED) is 0.829. The lowest BCUT2D eigenvalue weighted by molar-refractivity contribution is -0.119. The zero-order chi connectivity index (χ0) is 11.4. The van der Waals surface area contributed by atoms with Crippen LogP contribution in [0.15, 0.2) is 36.8 Å². The summed E-state index contributed by atoms with van der Waals surface area (Å²) in [6.45, 7) is 1.99. The first kappa shape index (κ1) is 10.4. The number of nitrogens with one attached hydrogen (secondary N) is 1. The van der Waals surface area contributed by atoms with E-state index in [1.165, 1.54) is 6.92 Å². The first-order chi connectivity index (χ1) is 7.75. The lowest BCUT2D eigenvalue weighted by Crippen LogP contribution is -2.19. The molecule has 82 valence electrons. The van der Waals surface area contributed by atoms with Gasteiger partial charge in [-0.05, 0) is 17.7 Å². The summed E-state index contributed by atoms with van der Waals surface area (Å²) >= 11 is 0. The van der Waals surface area contributed by atoms with E-state index in [9.17, 15) is 4.79 Å². The summed E-state index contributed by atoms with van der Waals surface area (Å²) in [6.07, 6.45) is 5.26. The van der Waals surface area contributed by atoms with Crippen LogP contribution in [0.1, 0.15) is 12.5 Å². The molecule has 0 saturated carbocycles. The van der Waals surface area contributed by atoms with E-state index in [4.69, 9.17) is 0 Å². The Morgan fingerprint density at radius 3 is 2.94 bits per heavy atom. The van der Waals surface area contributed by atoms with Gasteiger partial charge in [-0.2, -0.15) is 5.10 Å². The van der Waals surface area contributed by atoms with Gasteiger partial charge >= 0.3 is 0 Å². The van der Waals surface area contributed by atoms with E-state index in [1.807, 2.05) is 24.4 Å². The second-order valence-corrected chi connectivity index (χ2v) is 3.39. The molecular formula is C11H12N4O. The highest BCUT2D eigenvalue weighted by Gasteiger charge is 1.98. The van der Waals surface area contributed by atoms with Crippen LogP contribution in [0.2, 0.25) is 0 Å². The third-order valence-corrected chi connectivity index (χ3v) is 2.09. The minimum absolute atomic E-state index is 0.0452. The maximum atomic E-state index is 10.7. The van der Waals surface area contributed by atoms with Gasteiger partial charge < -0.3 is 5.32 Å². The highest BCUT2D eigenvalue weighted by atomic mass is 16.1. The average Bonchev–Trinajstić information content (AvgIpc) is 2.80. The zero-order valence-corrected chi connectivity index (χ0v) is 8.92. The second-order valence-electron chi connectivity index (χ2n) is 3.39. The van der Waals surface area contributed by atoms with Crippen LogP contribution in [0.25, 0.3) is 5.82 Å². The summed E-state index contributed by atoms with van der Waals surface area (Å²) in [6, 6.07) is 5.62. The summed E-state index contributed by atoms with van der Waals surface area (Å²) < 4.78 is 1.68. The number of amides is 1. The van der Waals surface area contributed by atoms with Gasteiger partial charge in [0.25, 0.3) is 0 Å². The third kappa shape index (κ3) is 2.44. The molecule has 0 unspecified atom stereocenters. The van der Waals surface area contributed by atoms with Crippen LogP contribution in [-0.4, -0.2) is 20.7 Å². The molecule has 0 aromatic carbocycles. The van der Waals surface area contributed by atoms with Crippen LogP contribution in [0, 0.1) is 0 Å². The van der Waals surface area contributed by atoms with Crippen molar-refractivity contribution in [2.75, 3.05) is 0 Å². The van der Waals surface area contributed by atoms with Crippen molar-refractivity contribution in [3.63, 3.8) is 0 Å². The Morgan fingerprint density at radius 1 is 1.50 bits per heavy atom. The van der Waals surface area contributed by atoms with Crippen molar-refractivity contribution in [3.8, 4) is 5.82 Å². The molecule has 0 spiro atoms. The minimum Gasteiger partial charge on any atom is -0.352 e. The number of hydrogen-bond acceptors (Lipinski definition) is 3. The Morgan fingerprint density at radius 2 is 2.38 bits per heavy atom. The predicted octanol–water partition coefficient (Wildman–Crippen LogP) is 0.903. The largest absolute Gasteiger partial charge is 0.352 e. The number of aromatic nitrogens is 3. The smallest absolute Gasteiger partial charge is 0.217 e. The second kappa shape index (κ2) is 4.57. The van der Waals surface area contributed by atoms with Crippen LogP contribution in [-0.2, 0) is 11.3 Å². The molecule has 0 aliphatic carbocycles. The average molecular weight is 216 g/mol. The summed E-state index contributed by atoms with van der Waals surface area (Å²) in [5, 5.41) is 6.79. The fourth-order valence-electron chi connectivity index (χ4n) is 1.29. The normalized spacial score (nSPS) is 10.1. The van der Waals surface area contributed by atoms with Crippen molar-refractivity contribution >= 4 is 5.91 Å². The Bertz CT molecular complexity index is 461. The van der Waals surface area contributed by atoms with Gasteiger partial charge in [0, 0.05) is 32.1 Å². The number of carbonyl (C=O) groups excluding carboxylic acids is 1. The molecule has 0 radical (unpaired) electrons. The van der Waals surface area contributed by atoms with E-state index in [0.29, 0.717) is 6.54 Å². The van der Waals surface area contributed by atoms with E-state index in [0.717, 1.165) is 11.4 Å². The van der Waals surface area contributed by atoms with Gasteiger partial charge in [0.1, 0.15) is 0 Å². The SMILES string of the molecule is CC(=O)NCc1ccc(-n2cccn2)nc1. The van der Waals surface area contributed by atoms with Crippen molar-refractivity contribution in [2.45, 2.75) is 13.5 Å². The van der Waals surface area contributed by atoms with Crippen molar-refractivity contribution in [1.29, 1.82) is 0 Å².